The molecule has 0 fully saturated rings. The van der Waals surface area contributed by atoms with Crippen LogP contribution in [0, 0.1) is 10.1 Å². The van der Waals surface area contributed by atoms with Crippen LogP contribution in [0.1, 0.15) is 5.69 Å². The molecule has 0 spiro atoms. The molecule has 10 heteroatoms. The van der Waals surface area contributed by atoms with E-state index in [0.717, 1.165) is 0 Å². The summed E-state index contributed by atoms with van der Waals surface area (Å²) in [7, 11) is 0. The number of halogens is 1. The van der Waals surface area contributed by atoms with Crippen molar-refractivity contribution in [3.05, 3.63) is 50.7 Å². The predicted octanol–water partition coefficient (Wildman–Crippen LogP) is 2.03. The maximum absolute atomic E-state index is 10.8. The Hall–Kier alpha value is -2.75. The van der Waals surface area contributed by atoms with Crippen molar-refractivity contribution in [1.82, 2.24) is 9.97 Å². The number of benzene rings is 1. The van der Waals surface area contributed by atoms with Gasteiger partial charge in [0.05, 0.1) is 4.92 Å². The largest absolute Gasteiger partial charge is 0.423 e. The van der Waals surface area contributed by atoms with Gasteiger partial charge in [-0.15, -0.1) is 0 Å². The second-order valence-corrected chi connectivity index (χ2v) is 4.45. The first kappa shape index (κ1) is 14.7. The molecule has 2 rings (SSSR count). The summed E-state index contributed by atoms with van der Waals surface area (Å²) in [5.74, 6) is -0.0405. The van der Waals surface area contributed by atoms with E-state index in [4.69, 9.17) is 15.7 Å². The van der Waals surface area contributed by atoms with Gasteiger partial charge < -0.3 is 15.7 Å². The monoisotopic (exact) mass is 353 g/mol. The molecular weight excluding hydrogens is 346 g/mol. The van der Waals surface area contributed by atoms with Crippen LogP contribution in [0.5, 0.6) is 11.8 Å². The van der Waals surface area contributed by atoms with Crippen molar-refractivity contribution in [2.24, 2.45) is 10.9 Å². The van der Waals surface area contributed by atoms with Gasteiger partial charge in [0.2, 0.25) is 0 Å². The Bertz CT molecular complexity index is 722. The van der Waals surface area contributed by atoms with Gasteiger partial charge >= 0.3 is 6.01 Å². The van der Waals surface area contributed by atoms with Crippen LogP contribution in [0.3, 0.4) is 0 Å². The summed E-state index contributed by atoms with van der Waals surface area (Å²) in [5.41, 5.74) is 5.41. The van der Waals surface area contributed by atoms with Gasteiger partial charge in [0.25, 0.3) is 5.69 Å². The highest BCUT2D eigenvalue weighted by molar-refractivity contribution is 9.10. The molecule has 0 aliphatic heterocycles. The van der Waals surface area contributed by atoms with Crippen LogP contribution in [0.15, 0.2) is 40.1 Å². The normalized spacial score (nSPS) is 11.2. The molecule has 0 atom stereocenters. The number of nitro benzene ring substituents is 1. The molecule has 21 heavy (non-hydrogen) atoms. The number of hydrogen-bond donors (Lipinski definition) is 2. The zero-order valence-electron chi connectivity index (χ0n) is 10.3. The fraction of sp³-hybridized carbons (Fsp3) is 0. The number of nitro groups is 1. The fourth-order valence-corrected chi connectivity index (χ4v) is 1.89. The van der Waals surface area contributed by atoms with E-state index in [1.165, 1.54) is 30.5 Å². The van der Waals surface area contributed by atoms with Crippen molar-refractivity contribution in [3.8, 4) is 11.8 Å². The number of rotatable bonds is 4. The molecule has 0 radical (unpaired) electrons. The summed E-state index contributed by atoms with van der Waals surface area (Å²) in [5, 5.41) is 22.2. The van der Waals surface area contributed by atoms with E-state index >= 15 is 0 Å². The lowest BCUT2D eigenvalue weighted by Crippen LogP contribution is -2.15. The minimum absolute atomic E-state index is 0.0969. The van der Waals surface area contributed by atoms with E-state index in [9.17, 15) is 10.1 Å². The summed E-state index contributed by atoms with van der Waals surface area (Å²) in [4.78, 5) is 18.1. The Morgan fingerprint density at radius 1 is 1.48 bits per heavy atom. The molecule has 0 bridgehead atoms. The fourth-order valence-electron chi connectivity index (χ4n) is 1.40. The van der Waals surface area contributed by atoms with E-state index in [1.807, 2.05) is 0 Å². The highest BCUT2D eigenvalue weighted by atomic mass is 79.9. The molecule has 1 aromatic heterocycles. The number of oxime groups is 1. The molecule has 1 heterocycles. The molecule has 1 aromatic carbocycles. The number of nitrogens with two attached hydrogens (primary N) is 1. The number of aromatic nitrogens is 2. The zero-order valence-corrected chi connectivity index (χ0v) is 11.9. The standard InChI is InChI=1S/C11H8BrN5O4/c12-9-7(17(19)20)2-1-3-8(9)21-11-14-5-4-6(15-11)10(13)16-18/h1-5,18H,(H2,13,16). The Kier molecular flexibility index (Phi) is 4.28. The summed E-state index contributed by atoms with van der Waals surface area (Å²) in [6.07, 6.45) is 1.35. The lowest BCUT2D eigenvalue weighted by molar-refractivity contribution is -0.385. The van der Waals surface area contributed by atoms with E-state index in [1.54, 1.807) is 0 Å². The smallest absolute Gasteiger partial charge is 0.322 e. The van der Waals surface area contributed by atoms with Gasteiger partial charge in [-0.1, -0.05) is 11.2 Å². The average Bonchev–Trinajstić information content (AvgIpc) is 2.48. The van der Waals surface area contributed by atoms with Crippen molar-refractivity contribution in [1.29, 1.82) is 0 Å². The van der Waals surface area contributed by atoms with Crippen LogP contribution in [0.2, 0.25) is 0 Å². The van der Waals surface area contributed by atoms with Crippen LogP contribution in [-0.2, 0) is 0 Å². The Morgan fingerprint density at radius 3 is 2.90 bits per heavy atom. The Labute approximate surface area is 126 Å². The minimum atomic E-state index is -0.551. The molecule has 0 saturated heterocycles. The van der Waals surface area contributed by atoms with E-state index in [-0.39, 0.29) is 33.4 Å². The highest BCUT2D eigenvalue weighted by Gasteiger charge is 2.17. The Balaban J connectivity index is 2.35. The first-order valence-corrected chi connectivity index (χ1v) is 6.24. The second-order valence-electron chi connectivity index (χ2n) is 3.66. The number of hydrogen-bond acceptors (Lipinski definition) is 7. The first-order valence-electron chi connectivity index (χ1n) is 5.44. The molecule has 2 aromatic rings. The van der Waals surface area contributed by atoms with Crippen LogP contribution < -0.4 is 10.5 Å². The molecule has 0 amide bonds. The first-order chi connectivity index (χ1) is 10.0. The summed E-state index contributed by atoms with van der Waals surface area (Å²) >= 11 is 3.09. The van der Waals surface area contributed by atoms with Crippen molar-refractivity contribution in [2.75, 3.05) is 0 Å². The van der Waals surface area contributed by atoms with Gasteiger partial charge in [-0.25, -0.2) is 4.98 Å². The van der Waals surface area contributed by atoms with Crippen LogP contribution in [0.4, 0.5) is 5.69 Å². The quantitative estimate of drug-likeness (QED) is 0.282. The maximum Gasteiger partial charge on any atom is 0.322 e. The number of amidine groups is 1. The minimum Gasteiger partial charge on any atom is -0.423 e. The molecule has 108 valence electrons. The van der Waals surface area contributed by atoms with Gasteiger partial charge in [0.1, 0.15) is 10.2 Å². The van der Waals surface area contributed by atoms with E-state index < -0.39 is 4.92 Å². The van der Waals surface area contributed by atoms with E-state index in [0.29, 0.717) is 0 Å². The van der Waals surface area contributed by atoms with Crippen molar-refractivity contribution >= 4 is 27.5 Å². The molecular formula is C11H8BrN5O4. The molecule has 3 N–H and O–H groups in total. The third kappa shape index (κ3) is 3.23. The molecule has 0 saturated carbocycles. The zero-order chi connectivity index (χ0) is 15.4. The van der Waals surface area contributed by atoms with E-state index in [2.05, 4.69) is 31.1 Å². The topological polar surface area (TPSA) is 137 Å². The van der Waals surface area contributed by atoms with Crippen molar-refractivity contribution < 1.29 is 14.9 Å². The lowest BCUT2D eigenvalue weighted by atomic mass is 10.3. The summed E-state index contributed by atoms with van der Waals surface area (Å²) in [6, 6.07) is 5.62. The second kappa shape index (κ2) is 6.13. The Morgan fingerprint density at radius 2 is 2.24 bits per heavy atom. The van der Waals surface area contributed by atoms with Crippen molar-refractivity contribution in [2.45, 2.75) is 0 Å². The number of ether oxygens (including phenoxy) is 1. The van der Waals surface area contributed by atoms with Crippen LogP contribution in [-0.4, -0.2) is 25.9 Å². The highest BCUT2D eigenvalue weighted by Crippen LogP contribution is 2.35. The van der Waals surface area contributed by atoms with Gasteiger partial charge in [-0.2, -0.15) is 4.98 Å². The van der Waals surface area contributed by atoms with Crippen LogP contribution in [0.25, 0.3) is 0 Å². The van der Waals surface area contributed by atoms with Gasteiger partial charge in [0.15, 0.2) is 11.6 Å². The summed E-state index contributed by atoms with van der Waals surface area (Å²) in [6.45, 7) is 0. The average molecular weight is 354 g/mol. The molecule has 0 aliphatic carbocycles. The lowest BCUT2D eigenvalue weighted by Gasteiger charge is -2.06. The SMILES string of the molecule is N/C(=N/O)c1ccnc(Oc2cccc([N+](=O)[O-])c2Br)n1. The third-order valence-electron chi connectivity index (χ3n) is 2.34. The molecule has 0 aliphatic rings. The maximum atomic E-state index is 10.8. The third-order valence-corrected chi connectivity index (χ3v) is 3.14. The van der Waals surface area contributed by atoms with Crippen LogP contribution >= 0.6 is 15.9 Å². The van der Waals surface area contributed by atoms with Gasteiger partial charge in [0, 0.05) is 12.3 Å². The van der Waals surface area contributed by atoms with Crippen molar-refractivity contribution in [3.63, 3.8) is 0 Å². The van der Waals surface area contributed by atoms with Gasteiger partial charge in [-0.05, 0) is 28.1 Å². The van der Waals surface area contributed by atoms with Gasteiger partial charge in [-0.3, -0.25) is 10.1 Å². The summed E-state index contributed by atoms with van der Waals surface area (Å²) < 4.78 is 5.53. The number of nitrogens with zero attached hydrogens (tertiary/aromatic N) is 4. The predicted molar refractivity (Wildman–Crippen MR) is 75.4 cm³/mol. The molecule has 9 nitrogen and oxygen atoms in total. The molecule has 0 unspecified atom stereocenters.